The van der Waals surface area contributed by atoms with Crippen LogP contribution >= 0.6 is 0 Å². The lowest BCUT2D eigenvalue weighted by Gasteiger charge is -2.10. The normalized spacial score (nSPS) is 10.9. The van der Waals surface area contributed by atoms with Crippen molar-refractivity contribution in [1.82, 2.24) is 9.97 Å². The van der Waals surface area contributed by atoms with Crippen LogP contribution in [0, 0.1) is 0 Å². The summed E-state index contributed by atoms with van der Waals surface area (Å²) in [6.45, 7) is 0. The smallest absolute Gasteiger partial charge is 0.137 e. The molecule has 0 fully saturated rings. The molecule has 0 atom stereocenters. The van der Waals surface area contributed by atoms with E-state index in [1.54, 1.807) is 26.7 Å². The number of furan rings is 1. The molecule has 5 heteroatoms. The van der Waals surface area contributed by atoms with E-state index in [1.807, 2.05) is 36.7 Å². The molecule has 0 bridgehead atoms. The SMILES string of the molecule is COc1ccc(-c2cnc3[nH]cc(-c4ccoc4)c3c2)c(OC)c1. The third kappa shape index (κ3) is 2.31. The molecular weight excluding hydrogens is 304 g/mol. The van der Waals surface area contributed by atoms with Crippen molar-refractivity contribution in [2.75, 3.05) is 14.2 Å². The van der Waals surface area contributed by atoms with Crippen LogP contribution in [0.1, 0.15) is 0 Å². The van der Waals surface area contributed by atoms with Gasteiger partial charge in [0.05, 0.1) is 26.7 Å². The van der Waals surface area contributed by atoms with Crippen molar-refractivity contribution >= 4 is 11.0 Å². The number of pyridine rings is 1. The number of nitrogens with one attached hydrogen (secondary N) is 1. The number of hydrogen-bond donors (Lipinski definition) is 1. The fraction of sp³-hybridized carbons (Fsp3) is 0.105. The topological polar surface area (TPSA) is 60.3 Å². The van der Waals surface area contributed by atoms with E-state index >= 15 is 0 Å². The summed E-state index contributed by atoms with van der Waals surface area (Å²) in [5.41, 5.74) is 4.85. The molecule has 24 heavy (non-hydrogen) atoms. The Labute approximate surface area is 138 Å². The number of rotatable bonds is 4. The van der Waals surface area contributed by atoms with Crippen molar-refractivity contribution in [2.45, 2.75) is 0 Å². The lowest BCUT2D eigenvalue weighted by molar-refractivity contribution is 0.395. The minimum Gasteiger partial charge on any atom is -0.497 e. The number of benzene rings is 1. The fourth-order valence-electron chi connectivity index (χ4n) is 2.84. The molecule has 0 unspecified atom stereocenters. The zero-order valence-corrected chi connectivity index (χ0v) is 13.4. The summed E-state index contributed by atoms with van der Waals surface area (Å²) in [6.07, 6.45) is 7.17. The Hall–Kier alpha value is -3.21. The second kappa shape index (κ2) is 5.77. The fourth-order valence-corrected chi connectivity index (χ4v) is 2.84. The minimum absolute atomic E-state index is 0.746. The molecule has 0 radical (unpaired) electrons. The van der Waals surface area contributed by atoms with E-state index in [2.05, 4.69) is 16.0 Å². The van der Waals surface area contributed by atoms with E-state index in [9.17, 15) is 0 Å². The Kier molecular flexibility index (Phi) is 3.46. The maximum absolute atomic E-state index is 5.51. The highest BCUT2D eigenvalue weighted by molar-refractivity contribution is 5.96. The first-order chi connectivity index (χ1) is 11.8. The summed E-state index contributed by atoms with van der Waals surface area (Å²) in [6, 6.07) is 9.79. The lowest BCUT2D eigenvalue weighted by Crippen LogP contribution is -1.91. The summed E-state index contributed by atoms with van der Waals surface area (Å²) in [5.74, 6) is 1.50. The molecule has 0 aliphatic carbocycles. The van der Waals surface area contributed by atoms with Crippen LogP contribution in [0.3, 0.4) is 0 Å². The molecule has 0 spiro atoms. The Balaban J connectivity index is 1.88. The van der Waals surface area contributed by atoms with Crippen LogP contribution in [-0.2, 0) is 0 Å². The predicted molar refractivity (Wildman–Crippen MR) is 92.3 cm³/mol. The van der Waals surface area contributed by atoms with Crippen molar-refractivity contribution in [3.8, 4) is 33.8 Å². The molecule has 3 heterocycles. The highest BCUT2D eigenvalue weighted by atomic mass is 16.5. The number of aromatic amines is 1. The van der Waals surface area contributed by atoms with Gasteiger partial charge in [0.25, 0.3) is 0 Å². The summed E-state index contributed by atoms with van der Waals surface area (Å²) < 4.78 is 16.0. The van der Waals surface area contributed by atoms with Gasteiger partial charge in [0.15, 0.2) is 0 Å². The average Bonchev–Trinajstić information content (AvgIpc) is 3.29. The van der Waals surface area contributed by atoms with Crippen LogP contribution in [0.2, 0.25) is 0 Å². The van der Waals surface area contributed by atoms with Crippen LogP contribution in [-0.4, -0.2) is 24.2 Å². The summed E-state index contributed by atoms with van der Waals surface area (Å²) in [7, 11) is 3.29. The Bertz CT molecular complexity index is 987. The van der Waals surface area contributed by atoms with Gasteiger partial charge in [-0.15, -0.1) is 0 Å². The van der Waals surface area contributed by atoms with Gasteiger partial charge in [0.1, 0.15) is 17.1 Å². The van der Waals surface area contributed by atoms with Gasteiger partial charge < -0.3 is 18.9 Å². The highest BCUT2D eigenvalue weighted by Crippen LogP contribution is 2.36. The standard InChI is InChI=1S/C19H16N2O3/c1-22-14-3-4-15(18(8-14)23-2)13-7-16-17(12-5-6-24-11-12)10-21-19(16)20-9-13/h3-11H,1-2H3,(H,20,21). The number of aromatic nitrogens is 2. The third-order valence-electron chi connectivity index (χ3n) is 4.08. The number of fused-ring (bicyclic) bond motifs is 1. The third-order valence-corrected chi connectivity index (χ3v) is 4.08. The molecule has 0 aliphatic heterocycles. The maximum atomic E-state index is 5.51. The molecule has 1 N–H and O–H groups in total. The maximum Gasteiger partial charge on any atom is 0.137 e. The van der Waals surface area contributed by atoms with Crippen LogP contribution in [0.15, 0.2) is 59.7 Å². The van der Waals surface area contributed by atoms with Gasteiger partial charge in [-0.1, -0.05) is 0 Å². The summed E-state index contributed by atoms with van der Waals surface area (Å²) in [5, 5.41) is 1.03. The van der Waals surface area contributed by atoms with Gasteiger partial charge in [0, 0.05) is 46.1 Å². The van der Waals surface area contributed by atoms with Crippen molar-refractivity contribution in [2.24, 2.45) is 0 Å². The van der Waals surface area contributed by atoms with E-state index in [1.165, 1.54) is 0 Å². The van der Waals surface area contributed by atoms with Gasteiger partial charge >= 0.3 is 0 Å². The van der Waals surface area contributed by atoms with E-state index in [0.717, 1.165) is 44.8 Å². The van der Waals surface area contributed by atoms with Crippen LogP contribution in [0.4, 0.5) is 0 Å². The number of H-pyrrole nitrogens is 1. The van der Waals surface area contributed by atoms with Gasteiger partial charge in [0.2, 0.25) is 0 Å². The van der Waals surface area contributed by atoms with Gasteiger partial charge in [-0.2, -0.15) is 0 Å². The molecule has 5 nitrogen and oxygen atoms in total. The second-order valence-corrected chi connectivity index (χ2v) is 5.40. The minimum atomic E-state index is 0.746. The summed E-state index contributed by atoms with van der Waals surface area (Å²) >= 11 is 0. The first-order valence-corrected chi connectivity index (χ1v) is 7.52. The molecular formula is C19H16N2O3. The van der Waals surface area contributed by atoms with E-state index in [4.69, 9.17) is 13.9 Å². The predicted octanol–water partition coefficient (Wildman–Crippen LogP) is 4.51. The van der Waals surface area contributed by atoms with Crippen LogP contribution in [0.25, 0.3) is 33.3 Å². The number of nitrogens with zero attached hydrogens (tertiary/aromatic N) is 1. The monoisotopic (exact) mass is 320 g/mol. The highest BCUT2D eigenvalue weighted by Gasteiger charge is 2.12. The molecule has 0 saturated carbocycles. The van der Waals surface area contributed by atoms with E-state index in [0.29, 0.717) is 0 Å². The number of methoxy groups -OCH3 is 2. The number of hydrogen-bond acceptors (Lipinski definition) is 4. The van der Waals surface area contributed by atoms with Crippen molar-refractivity contribution in [1.29, 1.82) is 0 Å². The quantitative estimate of drug-likeness (QED) is 0.601. The van der Waals surface area contributed by atoms with Crippen LogP contribution < -0.4 is 9.47 Å². The molecule has 4 aromatic rings. The largest absolute Gasteiger partial charge is 0.497 e. The van der Waals surface area contributed by atoms with Crippen LogP contribution in [0.5, 0.6) is 11.5 Å². The molecule has 0 aliphatic rings. The molecule has 0 amide bonds. The van der Waals surface area contributed by atoms with Gasteiger partial charge in [-0.05, 0) is 24.3 Å². The van der Waals surface area contributed by atoms with Crippen molar-refractivity contribution in [3.05, 3.63) is 55.3 Å². The van der Waals surface area contributed by atoms with E-state index in [-0.39, 0.29) is 0 Å². The summed E-state index contributed by atoms with van der Waals surface area (Å²) in [4.78, 5) is 7.73. The van der Waals surface area contributed by atoms with Gasteiger partial charge in [-0.25, -0.2) is 4.98 Å². The molecule has 4 rings (SSSR count). The zero-order valence-electron chi connectivity index (χ0n) is 13.4. The molecule has 120 valence electrons. The first-order valence-electron chi connectivity index (χ1n) is 7.52. The lowest BCUT2D eigenvalue weighted by atomic mass is 10.0. The zero-order chi connectivity index (χ0) is 16.5. The molecule has 3 aromatic heterocycles. The van der Waals surface area contributed by atoms with E-state index < -0.39 is 0 Å². The molecule has 0 saturated heterocycles. The average molecular weight is 320 g/mol. The first kappa shape index (κ1) is 14.4. The Morgan fingerprint density at radius 2 is 1.92 bits per heavy atom. The number of ether oxygens (including phenoxy) is 2. The van der Waals surface area contributed by atoms with Crippen molar-refractivity contribution in [3.63, 3.8) is 0 Å². The van der Waals surface area contributed by atoms with Gasteiger partial charge in [-0.3, -0.25) is 0 Å². The Morgan fingerprint density at radius 3 is 2.67 bits per heavy atom. The Morgan fingerprint density at radius 1 is 1.00 bits per heavy atom. The second-order valence-electron chi connectivity index (χ2n) is 5.40. The van der Waals surface area contributed by atoms with Crippen molar-refractivity contribution < 1.29 is 13.9 Å². The molecule has 1 aromatic carbocycles.